The number of fused-ring (bicyclic) bond motifs is 2. The Morgan fingerprint density at radius 3 is 2.32 bits per heavy atom. The van der Waals surface area contributed by atoms with Crippen molar-refractivity contribution in [1.82, 2.24) is 4.90 Å². The SMILES string of the molecule is CCC(C)(CC(C)(CC(C)c1ccc(O)cc1)C(=O)OCc1c2ccccc2cc2cc(C)ccc12)C(=O)N1CCOCC1. The Morgan fingerprint density at radius 2 is 1.61 bits per heavy atom. The molecule has 1 fully saturated rings. The molecule has 1 aliphatic rings. The number of phenols is 1. The first-order valence-electron chi connectivity index (χ1n) is 15.8. The molecule has 0 bridgehead atoms. The molecule has 1 aliphatic heterocycles. The number of carbonyl (C=O) groups is 2. The highest BCUT2D eigenvalue weighted by Gasteiger charge is 2.47. The molecule has 0 saturated carbocycles. The average molecular weight is 596 g/mol. The number of amides is 1. The Labute approximate surface area is 261 Å². The van der Waals surface area contributed by atoms with E-state index in [1.165, 1.54) is 5.56 Å². The number of morpholine rings is 1. The predicted molar refractivity (Wildman–Crippen MR) is 176 cm³/mol. The van der Waals surface area contributed by atoms with E-state index in [0.717, 1.165) is 32.7 Å². The maximum atomic E-state index is 14.4. The molecule has 0 aliphatic carbocycles. The summed E-state index contributed by atoms with van der Waals surface area (Å²) in [6, 6.07) is 23.9. The van der Waals surface area contributed by atoms with E-state index in [9.17, 15) is 14.7 Å². The Hall–Kier alpha value is -3.90. The highest BCUT2D eigenvalue weighted by Crippen LogP contribution is 2.45. The largest absolute Gasteiger partial charge is 0.508 e. The quantitative estimate of drug-likeness (QED) is 0.149. The highest BCUT2D eigenvalue weighted by atomic mass is 16.5. The third-order valence-electron chi connectivity index (χ3n) is 9.56. The Morgan fingerprint density at radius 1 is 0.932 bits per heavy atom. The second-order valence-corrected chi connectivity index (χ2v) is 13.1. The number of ether oxygens (including phenoxy) is 2. The molecule has 0 aromatic heterocycles. The lowest BCUT2D eigenvalue weighted by Crippen LogP contribution is -2.50. The summed E-state index contributed by atoms with van der Waals surface area (Å²) in [7, 11) is 0. The van der Waals surface area contributed by atoms with E-state index < -0.39 is 10.8 Å². The van der Waals surface area contributed by atoms with Crippen LogP contribution in [0.1, 0.15) is 69.6 Å². The number of carbonyl (C=O) groups excluding carboxylic acids is 2. The number of rotatable bonds is 10. The normalized spacial score (nSPS) is 17.2. The zero-order chi connectivity index (χ0) is 31.5. The van der Waals surface area contributed by atoms with E-state index in [2.05, 4.69) is 50.2 Å². The number of hydrogen-bond acceptors (Lipinski definition) is 5. The van der Waals surface area contributed by atoms with Crippen molar-refractivity contribution in [3.8, 4) is 5.75 Å². The first-order valence-corrected chi connectivity index (χ1v) is 15.8. The van der Waals surface area contributed by atoms with Crippen LogP contribution in [0.4, 0.5) is 0 Å². The van der Waals surface area contributed by atoms with Gasteiger partial charge in [-0.1, -0.05) is 80.9 Å². The third kappa shape index (κ3) is 6.61. The molecule has 1 heterocycles. The third-order valence-corrected chi connectivity index (χ3v) is 9.56. The molecular weight excluding hydrogens is 550 g/mol. The minimum atomic E-state index is -0.943. The van der Waals surface area contributed by atoms with Crippen LogP contribution in [-0.4, -0.2) is 48.2 Å². The zero-order valence-corrected chi connectivity index (χ0v) is 26.7. The first-order chi connectivity index (χ1) is 21.0. The minimum Gasteiger partial charge on any atom is -0.508 e. The van der Waals surface area contributed by atoms with E-state index in [4.69, 9.17) is 9.47 Å². The van der Waals surface area contributed by atoms with Crippen molar-refractivity contribution in [3.63, 3.8) is 0 Å². The van der Waals surface area contributed by atoms with Crippen LogP contribution in [-0.2, 0) is 25.7 Å². The van der Waals surface area contributed by atoms with Crippen molar-refractivity contribution in [2.45, 2.75) is 66.4 Å². The molecule has 44 heavy (non-hydrogen) atoms. The summed E-state index contributed by atoms with van der Waals surface area (Å²) in [5.41, 5.74) is 1.50. The molecule has 1 saturated heterocycles. The van der Waals surface area contributed by atoms with Gasteiger partial charge in [-0.25, -0.2) is 0 Å². The number of aromatic hydroxyl groups is 1. The van der Waals surface area contributed by atoms with Crippen molar-refractivity contribution in [3.05, 3.63) is 89.5 Å². The van der Waals surface area contributed by atoms with Crippen LogP contribution in [0, 0.1) is 17.8 Å². The van der Waals surface area contributed by atoms with Crippen LogP contribution in [0.25, 0.3) is 21.5 Å². The van der Waals surface area contributed by atoms with Gasteiger partial charge < -0.3 is 19.5 Å². The van der Waals surface area contributed by atoms with Gasteiger partial charge in [-0.3, -0.25) is 9.59 Å². The van der Waals surface area contributed by atoms with E-state index in [1.54, 1.807) is 12.1 Å². The van der Waals surface area contributed by atoms with Crippen LogP contribution in [0.15, 0.2) is 72.8 Å². The molecule has 3 unspecified atom stereocenters. The van der Waals surface area contributed by atoms with E-state index in [0.29, 0.717) is 45.6 Å². The molecule has 232 valence electrons. The van der Waals surface area contributed by atoms with Gasteiger partial charge in [0.25, 0.3) is 0 Å². The second kappa shape index (κ2) is 13.0. The summed E-state index contributed by atoms with van der Waals surface area (Å²) in [4.78, 5) is 30.2. The Bertz CT molecular complexity index is 1640. The fraction of sp³-hybridized carbons (Fsp3) is 0.421. The summed E-state index contributed by atoms with van der Waals surface area (Å²) in [6.45, 7) is 12.5. The molecule has 0 spiro atoms. The zero-order valence-electron chi connectivity index (χ0n) is 26.7. The molecule has 6 heteroatoms. The van der Waals surface area contributed by atoms with Crippen LogP contribution in [0.3, 0.4) is 0 Å². The van der Waals surface area contributed by atoms with E-state index >= 15 is 0 Å². The molecular formula is C38H45NO5. The van der Waals surface area contributed by atoms with Gasteiger partial charge in [0.05, 0.1) is 18.6 Å². The summed E-state index contributed by atoms with van der Waals surface area (Å²) in [5.74, 6) is -0.0368. The van der Waals surface area contributed by atoms with E-state index in [-0.39, 0.29) is 30.2 Å². The highest BCUT2D eigenvalue weighted by molar-refractivity contribution is 6.02. The van der Waals surface area contributed by atoms with Gasteiger partial charge in [0.15, 0.2) is 0 Å². The maximum absolute atomic E-state index is 14.4. The van der Waals surface area contributed by atoms with Crippen molar-refractivity contribution in [2.24, 2.45) is 10.8 Å². The topological polar surface area (TPSA) is 76.1 Å². The van der Waals surface area contributed by atoms with Gasteiger partial charge in [0, 0.05) is 24.1 Å². The Balaban J connectivity index is 1.48. The first kappa shape index (κ1) is 31.5. The lowest BCUT2D eigenvalue weighted by Gasteiger charge is -2.41. The smallest absolute Gasteiger partial charge is 0.312 e. The van der Waals surface area contributed by atoms with Crippen LogP contribution >= 0.6 is 0 Å². The number of esters is 1. The number of nitrogens with zero attached hydrogens (tertiary/aromatic N) is 1. The summed E-state index contributed by atoms with van der Waals surface area (Å²) in [6.07, 6.45) is 1.47. The molecule has 1 N–H and O–H groups in total. The van der Waals surface area contributed by atoms with Crippen LogP contribution in [0.5, 0.6) is 5.75 Å². The lowest BCUT2D eigenvalue weighted by atomic mass is 9.67. The van der Waals surface area contributed by atoms with Gasteiger partial charge in [0.2, 0.25) is 5.91 Å². The number of phenolic OH excluding ortho intramolecular Hbond substituents is 1. The molecule has 4 aromatic carbocycles. The van der Waals surface area contributed by atoms with Crippen molar-refractivity contribution >= 4 is 33.4 Å². The molecule has 1 amide bonds. The van der Waals surface area contributed by atoms with E-state index in [1.807, 2.05) is 49.9 Å². The second-order valence-electron chi connectivity index (χ2n) is 13.1. The lowest BCUT2D eigenvalue weighted by molar-refractivity contribution is -0.162. The van der Waals surface area contributed by atoms with Crippen molar-refractivity contribution < 1.29 is 24.2 Å². The monoisotopic (exact) mass is 595 g/mol. The van der Waals surface area contributed by atoms with Gasteiger partial charge in [-0.05, 0) is 84.3 Å². The van der Waals surface area contributed by atoms with Crippen molar-refractivity contribution in [1.29, 1.82) is 0 Å². The number of benzene rings is 4. The van der Waals surface area contributed by atoms with Crippen molar-refractivity contribution in [2.75, 3.05) is 26.3 Å². The predicted octanol–water partition coefficient (Wildman–Crippen LogP) is 7.92. The fourth-order valence-electron chi connectivity index (χ4n) is 6.94. The minimum absolute atomic E-state index is 0.00546. The summed E-state index contributed by atoms with van der Waals surface area (Å²) >= 11 is 0. The van der Waals surface area contributed by atoms with Gasteiger partial charge in [0.1, 0.15) is 12.4 Å². The molecule has 6 nitrogen and oxygen atoms in total. The van der Waals surface area contributed by atoms with Gasteiger partial charge in [-0.2, -0.15) is 0 Å². The molecule has 4 aromatic rings. The van der Waals surface area contributed by atoms with Gasteiger partial charge in [-0.15, -0.1) is 0 Å². The maximum Gasteiger partial charge on any atom is 0.312 e. The average Bonchev–Trinajstić information content (AvgIpc) is 3.02. The van der Waals surface area contributed by atoms with Gasteiger partial charge >= 0.3 is 5.97 Å². The molecule has 0 radical (unpaired) electrons. The Kier molecular flexibility index (Phi) is 9.31. The van der Waals surface area contributed by atoms with Crippen LogP contribution < -0.4 is 0 Å². The standard InChI is InChI=1S/C38H45NO5/c1-6-37(4,35(41)39-17-19-43-20-18-39)25-38(5,23-27(3)28-12-14-31(40)15-13-28)36(42)44-24-34-32-10-8-7-9-29(32)22-30-21-26(2)11-16-33(30)34/h7-16,21-22,27,40H,6,17-20,23-25H2,1-5H3. The number of hydrogen-bond donors (Lipinski definition) is 1. The number of aryl methyl sites for hydroxylation is 1. The summed E-state index contributed by atoms with van der Waals surface area (Å²) in [5, 5.41) is 14.2. The fourth-order valence-corrected chi connectivity index (χ4v) is 6.94. The molecule has 5 rings (SSSR count). The van der Waals surface area contributed by atoms with Crippen LogP contribution in [0.2, 0.25) is 0 Å². The summed E-state index contributed by atoms with van der Waals surface area (Å²) < 4.78 is 11.8. The molecule has 3 atom stereocenters.